The van der Waals surface area contributed by atoms with Crippen LogP contribution in [0.15, 0.2) is 18.3 Å². The lowest BCUT2D eigenvalue weighted by molar-refractivity contribution is 0.364. The molecule has 82 valence electrons. The number of piperidine rings is 1. The predicted molar refractivity (Wildman–Crippen MR) is 60.7 cm³/mol. The summed E-state index contributed by atoms with van der Waals surface area (Å²) in [6.07, 6.45) is 5.57. The van der Waals surface area contributed by atoms with Crippen LogP contribution in [0.4, 0.5) is 5.82 Å². The monoisotopic (exact) mass is 206 g/mol. The highest BCUT2D eigenvalue weighted by atomic mass is 15.2. The molecule has 2 rings (SSSR count). The van der Waals surface area contributed by atoms with Crippen LogP contribution in [0.5, 0.6) is 0 Å². The highest BCUT2D eigenvalue weighted by molar-refractivity contribution is 5.30. The zero-order valence-corrected chi connectivity index (χ0v) is 8.95. The Balaban J connectivity index is 1.66. The van der Waals surface area contributed by atoms with E-state index in [0.29, 0.717) is 0 Å². The van der Waals surface area contributed by atoms with Crippen LogP contribution < -0.4 is 10.6 Å². The quantitative estimate of drug-likeness (QED) is 0.779. The van der Waals surface area contributed by atoms with Gasteiger partial charge < -0.3 is 10.6 Å². The van der Waals surface area contributed by atoms with Crippen LogP contribution in [0.3, 0.4) is 0 Å². The third-order valence-electron chi connectivity index (χ3n) is 2.83. The van der Waals surface area contributed by atoms with E-state index in [1.165, 1.54) is 32.4 Å². The van der Waals surface area contributed by atoms with Gasteiger partial charge in [0, 0.05) is 12.7 Å². The molecule has 0 aliphatic carbocycles. The van der Waals surface area contributed by atoms with Crippen molar-refractivity contribution >= 4 is 5.82 Å². The fourth-order valence-electron chi connectivity index (χ4n) is 1.97. The van der Waals surface area contributed by atoms with Crippen molar-refractivity contribution in [3.05, 3.63) is 18.3 Å². The Morgan fingerprint density at radius 2 is 2.53 bits per heavy atom. The largest absolute Gasteiger partial charge is 0.369 e. The lowest BCUT2D eigenvalue weighted by atomic mass is 9.96. The van der Waals surface area contributed by atoms with Crippen molar-refractivity contribution in [2.24, 2.45) is 5.92 Å². The first-order valence-electron chi connectivity index (χ1n) is 5.67. The van der Waals surface area contributed by atoms with Crippen molar-refractivity contribution in [2.75, 3.05) is 25.0 Å². The molecule has 1 atom stereocenters. The first-order valence-corrected chi connectivity index (χ1v) is 5.67. The number of nitrogens with zero attached hydrogens (tertiary/aromatic N) is 2. The second-order valence-electron chi connectivity index (χ2n) is 4.04. The molecule has 0 spiro atoms. The van der Waals surface area contributed by atoms with E-state index >= 15 is 0 Å². The number of hydrogen-bond donors (Lipinski definition) is 2. The molecule has 2 N–H and O–H groups in total. The molecule has 2 heterocycles. The predicted octanol–water partition coefficient (Wildman–Crippen LogP) is 1.28. The summed E-state index contributed by atoms with van der Waals surface area (Å²) in [6.45, 7) is 3.35. The van der Waals surface area contributed by atoms with E-state index < -0.39 is 0 Å². The lowest BCUT2D eigenvalue weighted by Crippen LogP contribution is -2.30. The Kier molecular flexibility index (Phi) is 3.91. The van der Waals surface area contributed by atoms with E-state index in [1.54, 1.807) is 6.20 Å². The zero-order chi connectivity index (χ0) is 10.3. The maximum Gasteiger partial charge on any atom is 0.148 e. The summed E-state index contributed by atoms with van der Waals surface area (Å²) in [6, 6.07) is 3.85. The summed E-state index contributed by atoms with van der Waals surface area (Å²) in [5.41, 5.74) is 0. The van der Waals surface area contributed by atoms with Gasteiger partial charge in [0.05, 0.1) is 0 Å². The number of anilines is 1. The van der Waals surface area contributed by atoms with Gasteiger partial charge >= 0.3 is 0 Å². The standard InChI is InChI=1S/C11H18N4/c1-3-10(9-12-6-1)5-8-13-11-4-2-7-14-15-11/h2,4,7,10,12H,1,3,5-6,8-9H2,(H,13,15). The molecule has 1 aromatic heterocycles. The van der Waals surface area contributed by atoms with Crippen molar-refractivity contribution in [2.45, 2.75) is 19.3 Å². The summed E-state index contributed by atoms with van der Waals surface area (Å²) < 4.78 is 0. The van der Waals surface area contributed by atoms with Gasteiger partial charge in [0.25, 0.3) is 0 Å². The minimum Gasteiger partial charge on any atom is -0.369 e. The maximum atomic E-state index is 3.98. The van der Waals surface area contributed by atoms with Crippen LogP contribution in [0.25, 0.3) is 0 Å². The van der Waals surface area contributed by atoms with E-state index in [9.17, 15) is 0 Å². The molecule has 1 saturated heterocycles. The second kappa shape index (κ2) is 5.66. The number of aromatic nitrogens is 2. The zero-order valence-electron chi connectivity index (χ0n) is 8.95. The molecule has 1 aliphatic heterocycles. The summed E-state index contributed by atoms with van der Waals surface area (Å²) in [5.74, 6) is 1.70. The van der Waals surface area contributed by atoms with E-state index in [1.807, 2.05) is 12.1 Å². The topological polar surface area (TPSA) is 49.8 Å². The first-order chi connectivity index (χ1) is 7.45. The van der Waals surface area contributed by atoms with Crippen molar-refractivity contribution in [1.29, 1.82) is 0 Å². The molecule has 0 aromatic carbocycles. The average molecular weight is 206 g/mol. The summed E-state index contributed by atoms with van der Waals surface area (Å²) in [4.78, 5) is 0. The minimum absolute atomic E-state index is 0.822. The average Bonchev–Trinajstić information content (AvgIpc) is 2.32. The lowest BCUT2D eigenvalue weighted by Gasteiger charge is -2.22. The smallest absolute Gasteiger partial charge is 0.148 e. The molecule has 1 unspecified atom stereocenters. The van der Waals surface area contributed by atoms with Gasteiger partial charge in [0.1, 0.15) is 5.82 Å². The van der Waals surface area contributed by atoms with Crippen LogP contribution in [0.2, 0.25) is 0 Å². The Labute approximate surface area is 90.5 Å². The van der Waals surface area contributed by atoms with Gasteiger partial charge in [0.15, 0.2) is 0 Å². The third-order valence-corrected chi connectivity index (χ3v) is 2.83. The molecule has 1 fully saturated rings. The SMILES string of the molecule is c1cnnc(NCCC2CCCNC2)c1. The Morgan fingerprint density at radius 3 is 3.27 bits per heavy atom. The van der Waals surface area contributed by atoms with Gasteiger partial charge in [-0.25, -0.2) is 0 Å². The first kappa shape index (κ1) is 10.4. The highest BCUT2D eigenvalue weighted by Crippen LogP contribution is 2.13. The third kappa shape index (κ3) is 3.47. The van der Waals surface area contributed by atoms with Crippen molar-refractivity contribution < 1.29 is 0 Å². The van der Waals surface area contributed by atoms with E-state index in [0.717, 1.165) is 18.3 Å². The molecule has 0 radical (unpaired) electrons. The van der Waals surface area contributed by atoms with Crippen LogP contribution in [-0.4, -0.2) is 29.8 Å². The molecular formula is C11H18N4. The molecule has 0 saturated carbocycles. The van der Waals surface area contributed by atoms with Crippen LogP contribution in [-0.2, 0) is 0 Å². The van der Waals surface area contributed by atoms with Gasteiger partial charge in [-0.1, -0.05) is 0 Å². The summed E-state index contributed by atoms with van der Waals surface area (Å²) in [5, 5.41) is 14.5. The fourth-order valence-corrected chi connectivity index (χ4v) is 1.97. The van der Waals surface area contributed by atoms with Crippen LogP contribution in [0, 0.1) is 5.92 Å². The molecule has 1 aromatic rings. The molecule has 15 heavy (non-hydrogen) atoms. The number of nitrogens with one attached hydrogen (secondary N) is 2. The normalized spacial score (nSPS) is 21.2. The van der Waals surface area contributed by atoms with Crippen molar-refractivity contribution in [1.82, 2.24) is 15.5 Å². The molecule has 4 heteroatoms. The van der Waals surface area contributed by atoms with Gasteiger partial charge in [-0.05, 0) is 50.4 Å². The van der Waals surface area contributed by atoms with E-state index in [4.69, 9.17) is 0 Å². The van der Waals surface area contributed by atoms with Gasteiger partial charge in [0.2, 0.25) is 0 Å². The summed E-state index contributed by atoms with van der Waals surface area (Å²) in [7, 11) is 0. The second-order valence-corrected chi connectivity index (χ2v) is 4.04. The van der Waals surface area contributed by atoms with Crippen LogP contribution in [0.1, 0.15) is 19.3 Å². The molecule has 0 bridgehead atoms. The van der Waals surface area contributed by atoms with Crippen LogP contribution >= 0.6 is 0 Å². The highest BCUT2D eigenvalue weighted by Gasteiger charge is 2.11. The van der Waals surface area contributed by atoms with Gasteiger partial charge in [-0.2, -0.15) is 5.10 Å². The molecule has 0 amide bonds. The van der Waals surface area contributed by atoms with E-state index in [-0.39, 0.29) is 0 Å². The molecule has 4 nitrogen and oxygen atoms in total. The summed E-state index contributed by atoms with van der Waals surface area (Å²) >= 11 is 0. The molecule has 1 aliphatic rings. The Morgan fingerprint density at radius 1 is 1.53 bits per heavy atom. The number of rotatable bonds is 4. The Hall–Kier alpha value is -1.16. The van der Waals surface area contributed by atoms with Gasteiger partial charge in [-0.3, -0.25) is 0 Å². The minimum atomic E-state index is 0.822. The molecular weight excluding hydrogens is 188 g/mol. The van der Waals surface area contributed by atoms with E-state index in [2.05, 4.69) is 20.8 Å². The van der Waals surface area contributed by atoms with Crippen molar-refractivity contribution in [3.8, 4) is 0 Å². The van der Waals surface area contributed by atoms with Gasteiger partial charge in [-0.15, -0.1) is 5.10 Å². The van der Waals surface area contributed by atoms with Crippen molar-refractivity contribution in [3.63, 3.8) is 0 Å². The fraction of sp³-hybridized carbons (Fsp3) is 0.636. The number of hydrogen-bond acceptors (Lipinski definition) is 4. The Bertz CT molecular complexity index is 269. The maximum absolute atomic E-state index is 3.98.